The summed E-state index contributed by atoms with van der Waals surface area (Å²) in [6.45, 7) is 5.90. The average molecular weight is 366 g/mol. The minimum Gasteiger partial charge on any atom is -0.390 e. The quantitative estimate of drug-likeness (QED) is 0.659. The van der Waals surface area contributed by atoms with Crippen molar-refractivity contribution in [3.8, 4) is 11.4 Å². The van der Waals surface area contributed by atoms with Crippen molar-refractivity contribution in [3.05, 3.63) is 30.1 Å². The highest BCUT2D eigenvalue weighted by Gasteiger charge is 2.60. The summed E-state index contributed by atoms with van der Waals surface area (Å²) in [6, 6.07) is 5.98. The van der Waals surface area contributed by atoms with Crippen LogP contribution in [0.25, 0.3) is 17.0 Å². The number of hydrogen-bond acceptors (Lipinski definition) is 5. The lowest BCUT2D eigenvalue weighted by Gasteiger charge is -2.38. The van der Waals surface area contributed by atoms with Gasteiger partial charge in [0.2, 0.25) is 0 Å². The predicted molar refractivity (Wildman–Crippen MR) is 103 cm³/mol. The Morgan fingerprint density at radius 3 is 2.63 bits per heavy atom. The van der Waals surface area contributed by atoms with Crippen molar-refractivity contribution in [2.75, 3.05) is 5.32 Å². The van der Waals surface area contributed by atoms with E-state index in [0.717, 1.165) is 60.7 Å². The summed E-state index contributed by atoms with van der Waals surface area (Å²) >= 11 is 0. The second-order valence-electron chi connectivity index (χ2n) is 8.99. The van der Waals surface area contributed by atoms with Crippen LogP contribution in [0.4, 0.5) is 5.82 Å². The van der Waals surface area contributed by atoms with E-state index in [4.69, 9.17) is 5.10 Å². The van der Waals surface area contributed by atoms with E-state index in [1.165, 1.54) is 0 Å². The van der Waals surface area contributed by atoms with Crippen LogP contribution in [0.3, 0.4) is 0 Å². The Morgan fingerprint density at radius 2 is 2.00 bits per heavy atom. The number of H-pyrrole nitrogens is 1. The van der Waals surface area contributed by atoms with Crippen LogP contribution >= 0.6 is 0 Å². The molecule has 27 heavy (non-hydrogen) atoms. The first-order valence-corrected chi connectivity index (χ1v) is 9.67. The van der Waals surface area contributed by atoms with Crippen LogP contribution in [0.5, 0.6) is 0 Å². The smallest absolute Gasteiger partial charge is 0.154 e. The number of aromatic amines is 1. The zero-order valence-electron chi connectivity index (χ0n) is 16.1. The Bertz CT molecular complexity index is 1000. The highest BCUT2D eigenvalue weighted by molar-refractivity contribution is 5.60. The number of nitrogens with one attached hydrogen (secondary N) is 2. The lowest BCUT2D eigenvalue weighted by atomic mass is 9.71. The molecule has 2 aliphatic carbocycles. The van der Waals surface area contributed by atoms with Crippen molar-refractivity contribution >= 4 is 11.5 Å². The molecule has 2 fully saturated rings. The van der Waals surface area contributed by atoms with Crippen LogP contribution in [-0.4, -0.2) is 41.0 Å². The Morgan fingerprint density at radius 1 is 1.22 bits per heavy atom. The molecule has 0 amide bonds. The van der Waals surface area contributed by atoms with Crippen molar-refractivity contribution in [1.29, 1.82) is 0 Å². The Balaban J connectivity index is 1.47. The van der Waals surface area contributed by atoms with Gasteiger partial charge in [-0.2, -0.15) is 5.10 Å². The van der Waals surface area contributed by atoms with Gasteiger partial charge in [-0.1, -0.05) is 0 Å². The van der Waals surface area contributed by atoms with E-state index in [1.54, 1.807) is 0 Å². The predicted octanol–water partition coefficient (Wildman–Crippen LogP) is 3.31. The molecule has 0 radical (unpaired) electrons. The second-order valence-corrected chi connectivity index (χ2v) is 8.99. The van der Waals surface area contributed by atoms with Gasteiger partial charge in [0.05, 0.1) is 11.8 Å². The third kappa shape index (κ3) is 2.48. The van der Waals surface area contributed by atoms with Crippen molar-refractivity contribution in [2.45, 2.75) is 64.0 Å². The van der Waals surface area contributed by atoms with Crippen LogP contribution in [0.1, 0.15) is 51.6 Å². The van der Waals surface area contributed by atoms with Crippen LogP contribution in [0.2, 0.25) is 0 Å². The van der Waals surface area contributed by atoms with E-state index in [9.17, 15) is 5.11 Å². The zero-order valence-corrected chi connectivity index (χ0v) is 16.1. The first-order valence-electron chi connectivity index (χ1n) is 9.67. The first kappa shape index (κ1) is 16.7. The molecular formula is C20H26N6O. The van der Waals surface area contributed by atoms with Crippen LogP contribution in [-0.2, 0) is 0 Å². The SMILES string of the molecule is Cc1cc(-c2cnc3ccc(NC45CCC(C(C)(C)O)(CC4)C5)nn23)n[nH]1. The van der Waals surface area contributed by atoms with Gasteiger partial charge < -0.3 is 10.4 Å². The summed E-state index contributed by atoms with van der Waals surface area (Å²) in [5.41, 5.74) is 2.94. The number of aromatic nitrogens is 5. The molecule has 0 aromatic carbocycles. The van der Waals surface area contributed by atoms with Crippen LogP contribution < -0.4 is 5.32 Å². The highest BCUT2D eigenvalue weighted by Crippen LogP contribution is 2.61. The number of hydrogen-bond donors (Lipinski definition) is 3. The third-order valence-electron chi connectivity index (χ3n) is 6.86. The molecule has 142 valence electrons. The Labute approximate surface area is 158 Å². The summed E-state index contributed by atoms with van der Waals surface area (Å²) < 4.78 is 1.85. The average Bonchev–Trinajstić information content (AvgIpc) is 3.36. The van der Waals surface area contributed by atoms with E-state index >= 15 is 0 Å². The number of anilines is 1. The monoisotopic (exact) mass is 366 g/mol. The molecule has 3 aromatic rings. The molecule has 2 bridgehead atoms. The number of rotatable bonds is 4. The minimum absolute atomic E-state index is 0.0246. The number of fused-ring (bicyclic) bond motifs is 3. The first-order chi connectivity index (χ1) is 12.8. The van der Waals surface area contributed by atoms with Crippen molar-refractivity contribution in [3.63, 3.8) is 0 Å². The molecule has 3 aromatic heterocycles. The van der Waals surface area contributed by atoms with Gasteiger partial charge in [-0.05, 0) is 71.1 Å². The van der Waals surface area contributed by atoms with Gasteiger partial charge in [0.25, 0.3) is 0 Å². The number of imidazole rings is 1. The maximum atomic E-state index is 10.7. The summed E-state index contributed by atoms with van der Waals surface area (Å²) in [6.07, 6.45) is 7.09. The van der Waals surface area contributed by atoms with Crippen molar-refractivity contribution < 1.29 is 5.11 Å². The fraction of sp³-hybridized carbons (Fsp3) is 0.550. The molecule has 7 heteroatoms. The van der Waals surface area contributed by atoms with E-state index in [-0.39, 0.29) is 11.0 Å². The normalized spacial score (nSPS) is 27.6. The van der Waals surface area contributed by atoms with Gasteiger partial charge in [0, 0.05) is 16.6 Å². The van der Waals surface area contributed by atoms with E-state index in [2.05, 4.69) is 20.5 Å². The molecule has 0 aliphatic heterocycles. The van der Waals surface area contributed by atoms with Gasteiger partial charge in [0.1, 0.15) is 17.2 Å². The zero-order chi connectivity index (χ0) is 18.9. The van der Waals surface area contributed by atoms with Gasteiger partial charge in [0.15, 0.2) is 5.65 Å². The summed E-state index contributed by atoms with van der Waals surface area (Å²) in [7, 11) is 0. The molecule has 5 rings (SSSR count). The number of aliphatic hydroxyl groups is 1. The number of nitrogens with zero attached hydrogens (tertiary/aromatic N) is 4. The molecule has 0 saturated heterocycles. The molecule has 0 unspecified atom stereocenters. The van der Waals surface area contributed by atoms with Gasteiger partial charge >= 0.3 is 0 Å². The molecular weight excluding hydrogens is 340 g/mol. The maximum Gasteiger partial charge on any atom is 0.154 e. The molecule has 3 heterocycles. The topological polar surface area (TPSA) is 91.1 Å². The van der Waals surface area contributed by atoms with Gasteiger partial charge in [-0.25, -0.2) is 9.50 Å². The van der Waals surface area contributed by atoms with E-state index < -0.39 is 5.60 Å². The van der Waals surface area contributed by atoms with Crippen LogP contribution in [0, 0.1) is 12.3 Å². The lowest BCUT2D eigenvalue weighted by Crippen LogP contribution is -2.40. The standard InChI is InChI=1S/C20H26N6O/c1-13-10-14(24-23-13)15-11-21-17-5-4-16(25-26(15)17)22-20-8-6-19(12-20,7-9-20)18(2,3)27/h4-5,10-11,27H,6-9,12H2,1-3H3,(H,22,25)(H,23,24). The summed E-state index contributed by atoms with van der Waals surface area (Å²) in [5.74, 6) is 0.849. The number of aryl methyl sites for hydroxylation is 1. The van der Waals surface area contributed by atoms with Crippen molar-refractivity contribution in [1.82, 2.24) is 24.8 Å². The van der Waals surface area contributed by atoms with Gasteiger partial charge in [-0.15, -0.1) is 5.10 Å². The van der Waals surface area contributed by atoms with Crippen LogP contribution in [0.15, 0.2) is 24.4 Å². The third-order valence-corrected chi connectivity index (χ3v) is 6.86. The Hall–Kier alpha value is -2.41. The lowest BCUT2D eigenvalue weighted by molar-refractivity contribution is -0.0501. The Kier molecular flexibility index (Phi) is 3.30. The second kappa shape index (κ2) is 5.32. The molecule has 3 N–H and O–H groups in total. The summed E-state index contributed by atoms with van der Waals surface area (Å²) in [5, 5.41) is 26.5. The fourth-order valence-corrected chi connectivity index (χ4v) is 5.14. The summed E-state index contributed by atoms with van der Waals surface area (Å²) in [4.78, 5) is 4.45. The molecule has 7 nitrogen and oxygen atoms in total. The highest BCUT2D eigenvalue weighted by atomic mass is 16.3. The largest absolute Gasteiger partial charge is 0.390 e. The fourth-order valence-electron chi connectivity index (χ4n) is 5.14. The molecule has 2 saturated carbocycles. The molecule has 0 atom stereocenters. The van der Waals surface area contributed by atoms with E-state index in [1.807, 2.05) is 49.7 Å². The molecule has 2 aliphatic rings. The molecule has 0 spiro atoms. The van der Waals surface area contributed by atoms with Gasteiger partial charge in [-0.3, -0.25) is 5.10 Å². The maximum absolute atomic E-state index is 10.7. The minimum atomic E-state index is -0.639. The van der Waals surface area contributed by atoms with E-state index in [0.29, 0.717) is 0 Å². The van der Waals surface area contributed by atoms with Crippen molar-refractivity contribution in [2.24, 2.45) is 5.41 Å².